The van der Waals surface area contributed by atoms with Gasteiger partial charge < -0.3 is 5.32 Å². The van der Waals surface area contributed by atoms with Gasteiger partial charge in [0.2, 0.25) is 0 Å². The molecule has 0 bridgehead atoms. The molecule has 1 N–H and O–H groups in total. The largest absolute Gasteiger partial charge is 0.314 e. The normalized spacial score (nSPS) is 19.1. The molecule has 1 fully saturated rings. The van der Waals surface area contributed by atoms with Gasteiger partial charge in [0.05, 0.1) is 6.20 Å². The molecule has 1 aromatic heterocycles. The third kappa shape index (κ3) is 3.10. The molecule has 2 heterocycles. The molecule has 3 nitrogen and oxygen atoms in total. The molecular weight excluding hydrogens is 246 g/mol. The average molecular weight is 269 g/mol. The van der Waals surface area contributed by atoms with Crippen LogP contribution in [0.15, 0.2) is 36.7 Å². The highest BCUT2D eigenvalue weighted by molar-refractivity contribution is 5.62. The van der Waals surface area contributed by atoms with Crippen LogP contribution in [0, 0.1) is 0 Å². The minimum atomic E-state index is 0.650. The zero-order chi connectivity index (χ0) is 13.8. The molecule has 0 amide bonds. The van der Waals surface area contributed by atoms with Gasteiger partial charge in [0, 0.05) is 24.3 Å². The highest BCUT2D eigenvalue weighted by atomic mass is 15.3. The Morgan fingerprint density at radius 3 is 3.00 bits per heavy atom. The van der Waals surface area contributed by atoms with Crippen LogP contribution in [0.25, 0.3) is 11.1 Å². The van der Waals surface area contributed by atoms with E-state index in [1.807, 2.05) is 10.9 Å². The van der Waals surface area contributed by atoms with Crippen LogP contribution < -0.4 is 5.32 Å². The van der Waals surface area contributed by atoms with Gasteiger partial charge in [0.15, 0.2) is 0 Å². The van der Waals surface area contributed by atoms with Crippen molar-refractivity contribution in [3.05, 3.63) is 42.2 Å². The molecule has 0 unspecified atom stereocenters. The van der Waals surface area contributed by atoms with Crippen molar-refractivity contribution in [1.82, 2.24) is 15.1 Å². The van der Waals surface area contributed by atoms with Crippen molar-refractivity contribution in [2.45, 2.75) is 45.2 Å². The van der Waals surface area contributed by atoms with Crippen molar-refractivity contribution in [1.29, 1.82) is 0 Å². The zero-order valence-electron chi connectivity index (χ0n) is 12.2. The molecule has 0 saturated carbocycles. The molecule has 1 saturated heterocycles. The SMILES string of the molecule is CCn1cc(-c2cccc(C[C@@H]3CCCCN3)c2)cn1. The number of piperidine rings is 1. The van der Waals surface area contributed by atoms with E-state index < -0.39 is 0 Å². The van der Waals surface area contributed by atoms with Crippen LogP contribution in [-0.2, 0) is 13.0 Å². The third-order valence-corrected chi connectivity index (χ3v) is 4.11. The number of aryl methyl sites for hydroxylation is 1. The Labute approximate surface area is 121 Å². The fourth-order valence-electron chi connectivity index (χ4n) is 2.95. The first-order valence-electron chi connectivity index (χ1n) is 7.70. The lowest BCUT2D eigenvalue weighted by molar-refractivity contribution is 0.399. The second kappa shape index (κ2) is 6.23. The first kappa shape index (κ1) is 13.4. The number of rotatable bonds is 4. The van der Waals surface area contributed by atoms with E-state index in [1.54, 1.807) is 0 Å². The number of aromatic nitrogens is 2. The summed E-state index contributed by atoms with van der Waals surface area (Å²) in [6, 6.07) is 9.54. The molecule has 1 atom stereocenters. The quantitative estimate of drug-likeness (QED) is 0.923. The van der Waals surface area contributed by atoms with Crippen LogP contribution in [0.5, 0.6) is 0 Å². The highest BCUT2D eigenvalue weighted by Crippen LogP contribution is 2.21. The Hall–Kier alpha value is -1.61. The summed E-state index contributed by atoms with van der Waals surface area (Å²) in [5.74, 6) is 0. The fraction of sp³-hybridized carbons (Fsp3) is 0.471. The summed E-state index contributed by atoms with van der Waals surface area (Å²) in [6.45, 7) is 4.21. The van der Waals surface area contributed by atoms with Gasteiger partial charge in [-0.1, -0.05) is 30.7 Å². The number of hydrogen-bond donors (Lipinski definition) is 1. The molecule has 106 valence electrons. The van der Waals surface area contributed by atoms with Crippen LogP contribution in [0.2, 0.25) is 0 Å². The van der Waals surface area contributed by atoms with Crippen molar-refractivity contribution in [2.75, 3.05) is 6.54 Å². The number of benzene rings is 1. The topological polar surface area (TPSA) is 29.9 Å². The predicted octanol–water partition coefficient (Wildman–Crippen LogP) is 3.25. The predicted molar refractivity (Wildman–Crippen MR) is 82.7 cm³/mol. The molecule has 20 heavy (non-hydrogen) atoms. The lowest BCUT2D eigenvalue weighted by Crippen LogP contribution is -2.35. The van der Waals surface area contributed by atoms with Crippen molar-refractivity contribution in [3.63, 3.8) is 0 Å². The molecule has 0 radical (unpaired) electrons. The summed E-state index contributed by atoms with van der Waals surface area (Å²) in [4.78, 5) is 0. The van der Waals surface area contributed by atoms with E-state index in [9.17, 15) is 0 Å². The van der Waals surface area contributed by atoms with Crippen LogP contribution >= 0.6 is 0 Å². The van der Waals surface area contributed by atoms with Crippen molar-refractivity contribution in [2.24, 2.45) is 0 Å². The number of nitrogens with zero attached hydrogens (tertiary/aromatic N) is 2. The molecule has 1 aromatic carbocycles. The van der Waals surface area contributed by atoms with E-state index >= 15 is 0 Å². The van der Waals surface area contributed by atoms with Gasteiger partial charge in [-0.15, -0.1) is 0 Å². The van der Waals surface area contributed by atoms with Crippen molar-refractivity contribution >= 4 is 0 Å². The molecule has 1 aliphatic heterocycles. The molecule has 0 spiro atoms. The maximum Gasteiger partial charge on any atom is 0.0568 e. The molecule has 0 aliphatic carbocycles. The molecule has 3 rings (SSSR count). The molecule has 3 heteroatoms. The first-order chi connectivity index (χ1) is 9.85. The highest BCUT2D eigenvalue weighted by Gasteiger charge is 2.13. The molecule has 2 aromatic rings. The van der Waals surface area contributed by atoms with E-state index in [1.165, 1.54) is 42.5 Å². The Morgan fingerprint density at radius 1 is 1.30 bits per heavy atom. The van der Waals surface area contributed by atoms with Gasteiger partial charge in [-0.05, 0) is 43.9 Å². The summed E-state index contributed by atoms with van der Waals surface area (Å²) in [5, 5.41) is 7.98. The van der Waals surface area contributed by atoms with E-state index in [-0.39, 0.29) is 0 Å². The van der Waals surface area contributed by atoms with Crippen molar-refractivity contribution in [3.8, 4) is 11.1 Å². The number of hydrogen-bond acceptors (Lipinski definition) is 2. The summed E-state index contributed by atoms with van der Waals surface area (Å²) < 4.78 is 1.98. The lowest BCUT2D eigenvalue weighted by atomic mass is 9.96. The Balaban J connectivity index is 1.74. The van der Waals surface area contributed by atoms with Gasteiger partial charge in [-0.3, -0.25) is 4.68 Å². The average Bonchev–Trinajstić information content (AvgIpc) is 2.98. The number of nitrogens with one attached hydrogen (secondary N) is 1. The molecule has 1 aliphatic rings. The second-order valence-electron chi connectivity index (χ2n) is 5.64. The Bertz CT molecular complexity index is 553. The van der Waals surface area contributed by atoms with Crippen LogP contribution in [0.4, 0.5) is 0 Å². The Kier molecular flexibility index (Phi) is 4.16. The lowest BCUT2D eigenvalue weighted by Gasteiger charge is -2.23. The smallest absolute Gasteiger partial charge is 0.0568 e. The van der Waals surface area contributed by atoms with Gasteiger partial charge in [-0.25, -0.2) is 0 Å². The second-order valence-corrected chi connectivity index (χ2v) is 5.64. The van der Waals surface area contributed by atoms with Crippen LogP contribution in [0.1, 0.15) is 31.7 Å². The van der Waals surface area contributed by atoms with Gasteiger partial charge in [0.25, 0.3) is 0 Å². The first-order valence-corrected chi connectivity index (χ1v) is 7.70. The summed E-state index contributed by atoms with van der Waals surface area (Å²) in [7, 11) is 0. The zero-order valence-corrected chi connectivity index (χ0v) is 12.2. The molecular formula is C17H23N3. The van der Waals surface area contributed by atoms with E-state index in [0.29, 0.717) is 6.04 Å². The van der Waals surface area contributed by atoms with Crippen LogP contribution in [0.3, 0.4) is 0 Å². The van der Waals surface area contributed by atoms with Crippen molar-refractivity contribution < 1.29 is 0 Å². The minimum absolute atomic E-state index is 0.650. The van der Waals surface area contributed by atoms with E-state index in [4.69, 9.17) is 0 Å². The minimum Gasteiger partial charge on any atom is -0.314 e. The van der Waals surface area contributed by atoms with Gasteiger partial charge in [-0.2, -0.15) is 5.10 Å². The fourth-order valence-corrected chi connectivity index (χ4v) is 2.95. The summed E-state index contributed by atoms with van der Waals surface area (Å²) in [5.41, 5.74) is 3.91. The standard InChI is InChI=1S/C17H23N3/c1-2-20-13-16(12-19-20)15-7-5-6-14(10-15)11-17-8-3-4-9-18-17/h5-7,10,12-13,17-18H,2-4,8-9,11H2,1H3/t17-/m0/s1. The van der Waals surface area contributed by atoms with E-state index in [0.717, 1.165) is 13.0 Å². The summed E-state index contributed by atoms with van der Waals surface area (Å²) >= 11 is 0. The van der Waals surface area contributed by atoms with Crippen LogP contribution in [-0.4, -0.2) is 22.4 Å². The van der Waals surface area contributed by atoms with Gasteiger partial charge >= 0.3 is 0 Å². The van der Waals surface area contributed by atoms with Gasteiger partial charge in [0.1, 0.15) is 0 Å². The maximum atomic E-state index is 4.36. The summed E-state index contributed by atoms with van der Waals surface area (Å²) in [6.07, 6.45) is 9.21. The monoisotopic (exact) mass is 269 g/mol. The van der Waals surface area contributed by atoms with E-state index in [2.05, 4.69) is 47.8 Å². The maximum absolute atomic E-state index is 4.36. The third-order valence-electron chi connectivity index (χ3n) is 4.11. The Morgan fingerprint density at radius 2 is 2.25 bits per heavy atom.